The number of amides is 1. The number of nitrogens with one attached hydrogen (secondary N) is 1. The van der Waals surface area contributed by atoms with E-state index in [0.29, 0.717) is 22.1 Å². The van der Waals surface area contributed by atoms with E-state index >= 15 is 0 Å². The summed E-state index contributed by atoms with van der Waals surface area (Å²) in [6.07, 6.45) is 1.58. The van der Waals surface area contributed by atoms with Gasteiger partial charge in [0, 0.05) is 24.0 Å². The lowest BCUT2D eigenvalue weighted by Crippen LogP contribution is -2.20. The number of non-ortho nitro benzene ring substituents is 1. The van der Waals surface area contributed by atoms with Gasteiger partial charge in [-0.1, -0.05) is 23.7 Å². The van der Waals surface area contributed by atoms with E-state index in [-0.39, 0.29) is 18.2 Å². The molecule has 0 saturated carbocycles. The Morgan fingerprint density at radius 2 is 1.93 bits per heavy atom. The van der Waals surface area contributed by atoms with Gasteiger partial charge in [-0.15, -0.1) is 0 Å². The number of nitro benzene ring substituents is 1. The van der Waals surface area contributed by atoms with Crippen LogP contribution in [0, 0.1) is 17.0 Å². The molecule has 0 spiro atoms. The van der Waals surface area contributed by atoms with E-state index in [0.717, 1.165) is 11.1 Å². The summed E-state index contributed by atoms with van der Waals surface area (Å²) >= 11 is 6.24. The first-order valence-electron chi connectivity index (χ1n) is 8.98. The maximum atomic E-state index is 12.1. The third-order valence-electron chi connectivity index (χ3n) is 4.04. The standard InChI is InChI=1S/C22H18ClN3O4/c1-15-3-2-4-18(11-15)25-22(27)14-30-21-10-5-16(12-20(21)23)13-24-17-6-8-19(9-7-17)26(28)29/h2-13H,14H2,1H3,(H,25,27). The topological polar surface area (TPSA) is 93.8 Å². The molecule has 0 bridgehead atoms. The quantitative estimate of drug-likeness (QED) is 0.316. The minimum Gasteiger partial charge on any atom is -0.482 e. The summed E-state index contributed by atoms with van der Waals surface area (Å²) in [6.45, 7) is 1.77. The molecule has 1 N–H and O–H groups in total. The largest absolute Gasteiger partial charge is 0.482 e. The van der Waals surface area contributed by atoms with Gasteiger partial charge in [-0.2, -0.15) is 0 Å². The Labute approximate surface area is 178 Å². The van der Waals surface area contributed by atoms with Gasteiger partial charge in [0.15, 0.2) is 6.61 Å². The zero-order chi connectivity index (χ0) is 21.5. The van der Waals surface area contributed by atoms with E-state index in [1.165, 1.54) is 12.1 Å². The fourth-order valence-corrected chi connectivity index (χ4v) is 2.83. The van der Waals surface area contributed by atoms with Gasteiger partial charge < -0.3 is 10.1 Å². The van der Waals surface area contributed by atoms with Gasteiger partial charge in [0.05, 0.1) is 15.6 Å². The van der Waals surface area contributed by atoms with Crippen molar-refractivity contribution < 1.29 is 14.5 Å². The highest BCUT2D eigenvalue weighted by molar-refractivity contribution is 6.32. The summed E-state index contributed by atoms with van der Waals surface area (Å²) in [7, 11) is 0. The number of hydrogen-bond acceptors (Lipinski definition) is 5. The molecule has 0 aliphatic rings. The van der Waals surface area contributed by atoms with Gasteiger partial charge in [0.1, 0.15) is 5.75 Å². The van der Waals surface area contributed by atoms with E-state index in [4.69, 9.17) is 16.3 Å². The molecule has 7 nitrogen and oxygen atoms in total. The first-order valence-corrected chi connectivity index (χ1v) is 9.36. The lowest BCUT2D eigenvalue weighted by molar-refractivity contribution is -0.384. The normalized spacial score (nSPS) is 10.7. The van der Waals surface area contributed by atoms with Crippen molar-refractivity contribution in [1.82, 2.24) is 0 Å². The number of hydrogen-bond donors (Lipinski definition) is 1. The van der Waals surface area contributed by atoms with E-state index in [2.05, 4.69) is 10.3 Å². The fraction of sp³-hybridized carbons (Fsp3) is 0.0909. The number of ether oxygens (including phenoxy) is 1. The minimum absolute atomic E-state index is 0.00457. The van der Waals surface area contributed by atoms with Crippen LogP contribution >= 0.6 is 11.6 Å². The van der Waals surface area contributed by atoms with E-state index in [9.17, 15) is 14.9 Å². The van der Waals surface area contributed by atoms with Gasteiger partial charge in [-0.25, -0.2) is 0 Å². The Morgan fingerprint density at radius 1 is 1.17 bits per heavy atom. The summed E-state index contributed by atoms with van der Waals surface area (Å²) < 4.78 is 5.50. The molecule has 0 aliphatic carbocycles. The van der Waals surface area contributed by atoms with Crippen LogP contribution in [0.1, 0.15) is 11.1 Å². The van der Waals surface area contributed by atoms with Crippen LogP contribution in [-0.2, 0) is 4.79 Å². The predicted molar refractivity (Wildman–Crippen MR) is 117 cm³/mol. The van der Waals surface area contributed by atoms with Crippen molar-refractivity contribution in [2.45, 2.75) is 6.92 Å². The monoisotopic (exact) mass is 423 g/mol. The highest BCUT2D eigenvalue weighted by Gasteiger charge is 2.08. The second-order valence-electron chi connectivity index (χ2n) is 6.43. The number of anilines is 1. The van der Waals surface area contributed by atoms with Crippen LogP contribution < -0.4 is 10.1 Å². The number of rotatable bonds is 7. The van der Waals surface area contributed by atoms with Crippen molar-refractivity contribution in [3.63, 3.8) is 0 Å². The molecular formula is C22H18ClN3O4. The average molecular weight is 424 g/mol. The minimum atomic E-state index is -0.465. The molecule has 1 amide bonds. The molecule has 0 aliphatic heterocycles. The van der Waals surface area contributed by atoms with Crippen LogP contribution in [0.2, 0.25) is 5.02 Å². The number of carbonyl (C=O) groups is 1. The zero-order valence-corrected chi connectivity index (χ0v) is 16.8. The van der Waals surface area contributed by atoms with Crippen LogP contribution in [-0.4, -0.2) is 23.7 Å². The first-order chi connectivity index (χ1) is 14.4. The molecule has 0 heterocycles. The average Bonchev–Trinajstić information content (AvgIpc) is 2.72. The van der Waals surface area contributed by atoms with Crippen molar-refractivity contribution in [1.29, 1.82) is 0 Å². The Morgan fingerprint density at radius 3 is 2.60 bits per heavy atom. The molecule has 0 radical (unpaired) electrons. The lowest BCUT2D eigenvalue weighted by atomic mass is 10.2. The smallest absolute Gasteiger partial charge is 0.269 e. The third kappa shape index (κ3) is 5.89. The molecule has 3 aromatic rings. The molecule has 0 atom stereocenters. The molecule has 0 fully saturated rings. The van der Waals surface area contributed by atoms with Crippen molar-refractivity contribution in [3.05, 3.63) is 93.0 Å². The summed E-state index contributed by atoms with van der Waals surface area (Å²) in [6, 6.07) is 18.4. The lowest BCUT2D eigenvalue weighted by Gasteiger charge is -2.09. The number of benzene rings is 3. The molecule has 0 unspecified atom stereocenters. The van der Waals surface area contributed by atoms with Gasteiger partial charge in [0.25, 0.3) is 11.6 Å². The molecule has 0 saturated heterocycles. The Hall–Kier alpha value is -3.71. The van der Waals surface area contributed by atoms with Crippen molar-refractivity contribution >= 4 is 40.8 Å². The third-order valence-corrected chi connectivity index (χ3v) is 4.34. The van der Waals surface area contributed by atoms with Crippen LogP contribution in [0.5, 0.6) is 5.75 Å². The van der Waals surface area contributed by atoms with Crippen molar-refractivity contribution in [2.75, 3.05) is 11.9 Å². The van der Waals surface area contributed by atoms with Gasteiger partial charge in [0.2, 0.25) is 0 Å². The zero-order valence-electron chi connectivity index (χ0n) is 16.0. The molecule has 8 heteroatoms. The van der Waals surface area contributed by atoms with Crippen molar-refractivity contribution in [2.24, 2.45) is 4.99 Å². The molecular weight excluding hydrogens is 406 g/mol. The Kier molecular flexibility index (Phi) is 6.77. The number of nitrogens with zero attached hydrogens (tertiary/aromatic N) is 2. The van der Waals surface area contributed by atoms with E-state index < -0.39 is 4.92 Å². The first kappa shape index (κ1) is 21.0. The summed E-state index contributed by atoms with van der Waals surface area (Å²) in [5.74, 6) is 0.0871. The number of aliphatic imine (C=N–C) groups is 1. The van der Waals surface area contributed by atoms with Crippen LogP contribution in [0.15, 0.2) is 71.7 Å². The second-order valence-corrected chi connectivity index (χ2v) is 6.84. The maximum Gasteiger partial charge on any atom is 0.269 e. The van der Waals surface area contributed by atoms with E-state index in [1.807, 2.05) is 25.1 Å². The van der Waals surface area contributed by atoms with Crippen LogP contribution in [0.4, 0.5) is 17.1 Å². The molecule has 152 valence electrons. The fourth-order valence-electron chi connectivity index (χ4n) is 2.59. The molecule has 0 aromatic heterocycles. The molecule has 3 aromatic carbocycles. The predicted octanol–water partition coefficient (Wildman–Crippen LogP) is 5.32. The highest BCUT2D eigenvalue weighted by Crippen LogP contribution is 2.25. The van der Waals surface area contributed by atoms with E-state index in [1.54, 1.807) is 42.6 Å². The Balaban J connectivity index is 1.58. The summed E-state index contributed by atoms with van der Waals surface area (Å²) in [5, 5.41) is 13.8. The van der Waals surface area contributed by atoms with Gasteiger partial charge in [-0.05, 0) is 60.5 Å². The summed E-state index contributed by atoms with van der Waals surface area (Å²) in [4.78, 5) is 26.5. The molecule has 30 heavy (non-hydrogen) atoms. The SMILES string of the molecule is Cc1cccc(NC(=O)COc2ccc(C=Nc3ccc([N+](=O)[O-])cc3)cc2Cl)c1. The Bertz CT molecular complexity index is 1100. The molecule has 3 rings (SSSR count). The second kappa shape index (κ2) is 9.67. The summed E-state index contributed by atoms with van der Waals surface area (Å²) in [5.41, 5.74) is 3.04. The van der Waals surface area contributed by atoms with Gasteiger partial charge in [-0.3, -0.25) is 19.9 Å². The number of carbonyl (C=O) groups excluding carboxylic acids is 1. The van der Waals surface area contributed by atoms with Crippen LogP contribution in [0.25, 0.3) is 0 Å². The van der Waals surface area contributed by atoms with Crippen molar-refractivity contribution in [3.8, 4) is 5.75 Å². The van der Waals surface area contributed by atoms with Gasteiger partial charge >= 0.3 is 0 Å². The maximum absolute atomic E-state index is 12.1. The number of aryl methyl sites for hydroxylation is 1. The number of nitro groups is 1. The number of halogens is 1. The van der Waals surface area contributed by atoms with Crippen LogP contribution in [0.3, 0.4) is 0 Å². The highest BCUT2D eigenvalue weighted by atomic mass is 35.5.